The van der Waals surface area contributed by atoms with Crippen LogP contribution in [0.5, 0.6) is 0 Å². The molecule has 1 unspecified atom stereocenters. The molecule has 2 rings (SSSR count). The molecule has 0 spiro atoms. The van der Waals surface area contributed by atoms with E-state index in [9.17, 15) is 5.11 Å². The Morgan fingerprint density at radius 3 is 2.76 bits per heavy atom. The predicted molar refractivity (Wildman–Crippen MR) is 68.4 cm³/mol. The zero-order valence-electron chi connectivity index (χ0n) is 9.27. The Kier molecular flexibility index (Phi) is 3.72. The van der Waals surface area contributed by atoms with Gasteiger partial charge in [0.15, 0.2) is 0 Å². The predicted octanol–water partition coefficient (Wildman–Crippen LogP) is 3.23. The highest BCUT2D eigenvalue weighted by Gasteiger charge is 2.12. The van der Waals surface area contributed by atoms with Crippen molar-refractivity contribution in [3.63, 3.8) is 0 Å². The quantitative estimate of drug-likeness (QED) is 0.930. The van der Waals surface area contributed by atoms with E-state index in [1.165, 1.54) is 0 Å². The summed E-state index contributed by atoms with van der Waals surface area (Å²) < 4.78 is 1.67. The van der Waals surface area contributed by atoms with Gasteiger partial charge >= 0.3 is 0 Å². The van der Waals surface area contributed by atoms with Crippen LogP contribution in [0.4, 0.5) is 0 Å². The smallest absolute Gasteiger partial charge is 0.0986 e. The largest absolute Gasteiger partial charge is 0.386 e. The summed E-state index contributed by atoms with van der Waals surface area (Å²) in [4.78, 5) is 0. The third-order valence-electron chi connectivity index (χ3n) is 2.62. The van der Waals surface area contributed by atoms with Crippen molar-refractivity contribution >= 4 is 23.2 Å². The van der Waals surface area contributed by atoms with Crippen molar-refractivity contribution in [3.05, 3.63) is 51.8 Å². The Labute approximate surface area is 110 Å². The lowest BCUT2D eigenvalue weighted by Crippen LogP contribution is -2.11. The van der Waals surface area contributed by atoms with E-state index in [1.54, 1.807) is 23.0 Å². The third-order valence-corrected chi connectivity index (χ3v) is 3.23. The van der Waals surface area contributed by atoms with E-state index in [1.807, 2.05) is 19.1 Å². The SMILES string of the molecule is Cc1c(Cl)cnn1CC(O)c1cccc(Cl)c1. The molecule has 2 aromatic rings. The Morgan fingerprint density at radius 1 is 1.41 bits per heavy atom. The highest BCUT2D eigenvalue weighted by Crippen LogP contribution is 2.21. The van der Waals surface area contributed by atoms with Gasteiger partial charge in [0.05, 0.1) is 29.6 Å². The molecule has 3 nitrogen and oxygen atoms in total. The van der Waals surface area contributed by atoms with E-state index in [4.69, 9.17) is 23.2 Å². The van der Waals surface area contributed by atoms with Gasteiger partial charge in [-0.25, -0.2) is 0 Å². The number of nitrogens with zero attached hydrogens (tertiary/aromatic N) is 2. The first-order chi connectivity index (χ1) is 8.08. The molecule has 1 aromatic heterocycles. The number of aliphatic hydroxyl groups is 1. The minimum Gasteiger partial charge on any atom is -0.386 e. The Balaban J connectivity index is 2.17. The van der Waals surface area contributed by atoms with Gasteiger partial charge in [0.2, 0.25) is 0 Å². The number of aromatic nitrogens is 2. The average Bonchev–Trinajstić information content (AvgIpc) is 2.61. The van der Waals surface area contributed by atoms with Crippen LogP contribution in [0.1, 0.15) is 17.4 Å². The number of halogens is 2. The van der Waals surface area contributed by atoms with Crippen LogP contribution in [0.3, 0.4) is 0 Å². The molecule has 0 radical (unpaired) electrons. The first-order valence-corrected chi connectivity index (χ1v) is 5.95. The van der Waals surface area contributed by atoms with Crippen LogP contribution in [-0.4, -0.2) is 14.9 Å². The first kappa shape index (κ1) is 12.4. The molecule has 0 aliphatic heterocycles. The molecular formula is C12H12Cl2N2O. The molecule has 0 saturated carbocycles. The topological polar surface area (TPSA) is 38.0 Å². The molecule has 0 amide bonds. The number of hydrogen-bond acceptors (Lipinski definition) is 2. The molecule has 0 bridgehead atoms. The van der Waals surface area contributed by atoms with E-state index in [-0.39, 0.29) is 0 Å². The summed E-state index contributed by atoms with van der Waals surface area (Å²) in [6.45, 7) is 2.22. The van der Waals surface area contributed by atoms with Gasteiger partial charge in [0.25, 0.3) is 0 Å². The summed E-state index contributed by atoms with van der Waals surface area (Å²) in [5, 5.41) is 15.4. The van der Waals surface area contributed by atoms with Crippen molar-refractivity contribution in [3.8, 4) is 0 Å². The van der Waals surface area contributed by atoms with Gasteiger partial charge < -0.3 is 5.11 Å². The fraction of sp³-hybridized carbons (Fsp3) is 0.250. The average molecular weight is 271 g/mol. The van der Waals surface area contributed by atoms with Crippen molar-refractivity contribution in [1.82, 2.24) is 9.78 Å². The third kappa shape index (κ3) is 2.80. The van der Waals surface area contributed by atoms with Gasteiger partial charge in [0.1, 0.15) is 0 Å². The van der Waals surface area contributed by atoms with Crippen LogP contribution in [0.25, 0.3) is 0 Å². The Morgan fingerprint density at radius 2 is 2.18 bits per heavy atom. The van der Waals surface area contributed by atoms with Crippen molar-refractivity contribution in [1.29, 1.82) is 0 Å². The molecule has 1 N–H and O–H groups in total. The fourth-order valence-electron chi connectivity index (χ4n) is 1.59. The van der Waals surface area contributed by atoms with Gasteiger partial charge in [-0.05, 0) is 24.6 Å². The number of rotatable bonds is 3. The summed E-state index contributed by atoms with van der Waals surface area (Å²) in [5.74, 6) is 0. The van der Waals surface area contributed by atoms with E-state index < -0.39 is 6.10 Å². The molecule has 0 aliphatic rings. The number of hydrogen-bond donors (Lipinski definition) is 1. The summed E-state index contributed by atoms with van der Waals surface area (Å²) >= 11 is 11.8. The van der Waals surface area contributed by atoms with Crippen LogP contribution in [0.15, 0.2) is 30.5 Å². The second-order valence-corrected chi connectivity index (χ2v) is 4.67. The highest BCUT2D eigenvalue weighted by atomic mass is 35.5. The van der Waals surface area contributed by atoms with Crippen molar-refractivity contribution in [2.24, 2.45) is 0 Å². The molecule has 17 heavy (non-hydrogen) atoms. The van der Waals surface area contributed by atoms with Gasteiger partial charge in [-0.3, -0.25) is 4.68 Å². The van der Waals surface area contributed by atoms with Crippen molar-refractivity contribution < 1.29 is 5.11 Å². The molecular weight excluding hydrogens is 259 g/mol. The van der Waals surface area contributed by atoms with Crippen molar-refractivity contribution in [2.75, 3.05) is 0 Å². The second kappa shape index (κ2) is 5.08. The van der Waals surface area contributed by atoms with E-state index in [2.05, 4.69) is 5.10 Å². The maximum absolute atomic E-state index is 10.1. The van der Waals surface area contributed by atoms with Crippen LogP contribution >= 0.6 is 23.2 Å². The first-order valence-electron chi connectivity index (χ1n) is 5.19. The standard InChI is InChI=1S/C12H12Cl2N2O/c1-8-11(14)6-15-16(8)7-12(17)9-3-2-4-10(13)5-9/h2-6,12,17H,7H2,1H3. The lowest BCUT2D eigenvalue weighted by molar-refractivity contribution is 0.150. The molecule has 0 aliphatic carbocycles. The van der Waals surface area contributed by atoms with Gasteiger partial charge in [-0.2, -0.15) is 5.10 Å². The number of benzene rings is 1. The molecule has 90 valence electrons. The lowest BCUT2D eigenvalue weighted by atomic mass is 10.1. The zero-order chi connectivity index (χ0) is 12.4. The van der Waals surface area contributed by atoms with Crippen molar-refractivity contribution in [2.45, 2.75) is 19.6 Å². The molecule has 0 fully saturated rings. The normalized spacial score (nSPS) is 12.7. The van der Waals surface area contributed by atoms with Gasteiger partial charge in [0, 0.05) is 5.02 Å². The van der Waals surface area contributed by atoms with Crippen LogP contribution < -0.4 is 0 Å². The Bertz CT molecular complexity index is 525. The van der Waals surface area contributed by atoms with E-state index in [0.717, 1.165) is 11.3 Å². The summed E-state index contributed by atoms with van der Waals surface area (Å²) in [5.41, 5.74) is 1.61. The maximum Gasteiger partial charge on any atom is 0.0986 e. The minimum atomic E-state index is -0.650. The highest BCUT2D eigenvalue weighted by molar-refractivity contribution is 6.31. The van der Waals surface area contributed by atoms with Gasteiger partial charge in [-0.15, -0.1) is 0 Å². The van der Waals surface area contributed by atoms with Crippen LogP contribution in [0.2, 0.25) is 10.0 Å². The van der Waals surface area contributed by atoms with Crippen LogP contribution in [-0.2, 0) is 6.54 Å². The lowest BCUT2D eigenvalue weighted by Gasteiger charge is -2.12. The molecule has 0 saturated heterocycles. The summed E-state index contributed by atoms with van der Waals surface area (Å²) in [6, 6.07) is 7.15. The van der Waals surface area contributed by atoms with E-state index >= 15 is 0 Å². The number of aliphatic hydroxyl groups excluding tert-OH is 1. The van der Waals surface area contributed by atoms with Crippen LogP contribution in [0, 0.1) is 6.92 Å². The fourth-order valence-corrected chi connectivity index (χ4v) is 1.93. The van der Waals surface area contributed by atoms with E-state index in [0.29, 0.717) is 16.6 Å². The molecule has 1 atom stereocenters. The Hall–Kier alpha value is -1.03. The molecule has 1 aromatic carbocycles. The maximum atomic E-state index is 10.1. The second-order valence-electron chi connectivity index (χ2n) is 3.83. The molecule has 1 heterocycles. The zero-order valence-corrected chi connectivity index (χ0v) is 10.8. The summed E-state index contributed by atoms with van der Waals surface area (Å²) in [7, 11) is 0. The molecule has 5 heteroatoms. The van der Waals surface area contributed by atoms with Gasteiger partial charge in [-0.1, -0.05) is 35.3 Å². The monoisotopic (exact) mass is 270 g/mol. The summed E-state index contributed by atoms with van der Waals surface area (Å²) in [6.07, 6.45) is 0.921. The minimum absolute atomic E-state index is 0.360.